The maximum Gasteiger partial charge on any atom is 0.258 e. The molecule has 1 fully saturated rings. The maximum absolute atomic E-state index is 12.2. The molecule has 0 aromatic heterocycles. The molecule has 0 bridgehead atoms. The van der Waals surface area contributed by atoms with Gasteiger partial charge in [-0.15, -0.1) is 0 Å². The maximum atomic E-state index is 12.2. The smallest absolute Gasteiger partial charge is 0.258 e. The van der Waals surface area contributed by atoms with E-state index in [-0.39, 0.29) is 12.5 Å². The Morgan fingerprint density at radius 1 is 0.893 bits per heavy atom. The van der Waals surface area contributed by atoms with Crippen LogP contribution in [-0.4, -0.2) is 30.5 Å². The molecule has 0 spiro atoms. The van der Waals surface area contributed by atoms with Gasteiger partial charge in [0.25, 0.3) is 5.91 Å². The molecule has 28 heavy (non-hydrogen) atoms. The van der Waals surface area contributed by atoms with Crippen molar-refractivity contribution in [3.63, 3.8) is 0 Å². The molecule has 1 aliphatic heterocycles. The third-order valence-electron chi connectivity index (χ3n) is 5.23. The van der Waals surface area contributed by atoms with E-state index in [1.54, 1.807) is 0 Å². The summed E-state index contributed by atoms with van der Waals surface area (Å²) in [4.78, 5) is 14.7. The molecular weight excluding hydrogens is 348 g/mol. The van der Waals surface area contributed by atoms with Crippen LogP contribution in [0.5, 0.6) is 5.75 Å². The van der Waals surface area contributed by atoms with Crippen molar-refractivity contribution < 1.29 is 9.53 Å². The molecule has 0 unspecified atom stereocenters. The zero-order valence-electron chi connectivity index (χ0n) is 16.1. The van der Waals surface area contributed by atoms with Gasteiger partial charge in [-0.25, -0.2) is 0 Å². The van der Waals surface area contributed by atoms with Crippen LogP contribution in [0.4, 0.5) is 0 Å². The van der Waals surface area contributed by atoms with Gasteiger partial charge in [0.05, 0.1) is 0 Å². The Balaban J connectivity index is 1.26. The molecule has 4 nitrogen and oxygen atoms in total. The highest BCUT2D eigenvalue weighted by Gasteiger charge is 2.11. The van der Waals surface area contributed by atoms with Crippen LogP contribution in [0.3, 0.4) is 0 Å². The molecule has 0 atom stereocenters. The van der Waals surface area contributed by atoms with E-state index in [0.717, 1.165) is 28.6 Å². The number of hydrogen-bond acceptors (Lipinski definition) is 3. The number of likely N-dealkylation sites (tertiary alicyclic amines) is 1. The van der Waals surface area contributed by atoms with Gasteiger partial charge in [-0.05, 0) is 48.5 Å². The molecule has 3 aromatic carbocycles. The van der Waals surface area contributed by atoms with Crippen LogP contribution in [0.15, 0.2) is 66.7 Å². The summed E-state index contributed by atoms with van der Waals surface area (Å²) in [6.07, 6.45) is 2.62. The molecule has 0 saturated carbocycles. The van der Waals surface area contributed by atoms with Crippen molar-refractivity contribution in [1.82, 2.24) is 10.2 Å². The van der Waals surface area contributed by atoms with Crippen molar-refractivity contribution in [3.8, 4) is 5.75 Å². The van der Waals surface area contributed by atoms with E-state index in [2.05, 4.69) is 34.5 Å². The number of benzene rings is 3. The van der Waals surface area contributed by atoms with Crippen LogP contribution in [0.25, 0.3) is 10.8 Å². The van der Waals surface area contributed by atoms with Crippen molar-refractivity contribution in [2.75, 3.05) is 19.7 Å². The Hall–Kier alpha value is -2.85. The Bertz CT molecular complexity index is 925. The van der Waals surface area contributed by atoms with Gasteiger partial charge in [0.1, 0.15) is 5.75 Å². The van der Waals surface area contributed by atoms with E-state index in [4.69, 9.17) is 4.74 Å². The quantitative estimate of drug-likeness (QED) is 0.676. The Kier molecular flexibility index (Phi) is 5.88. The summed E-state index contributed by atoms with van der Waals surface area (Å²) in [6.45, 7) is 3.96. The molecule has 4 heteroatoms. The summed E-state index contributed by atoms with van der Waals surface area (Å²) in [5.41, 5.74) is 2.43. The van der Waals surface area contributed by atoms with Crippen LogP contribution < -0.4 is 10.1 Å². The second-order valence-corrected chi connectivity index (χ2v) is 7.34. The van der Waals surface area contributed by atoms with E-state index < -0.39 is 0 Å². The minimum absolute atomic E-state index is 0.0149. The third-order valence-corrected chi connectivity index (χ3v) is 5.23. The Labute approximate surface area is 166 Å². The summed E-state index contributed by atoms with van der Waals surface area (Å²) in [5.74, 6) is 0.619. The molecular formula is C24H26N2O2. The van der Waals surface area contributed by atoms with E-state index in [1.807, 2.05) is 42.5 Å². The normalized spacial score (nSPS) is 14.3. The van der Waals surface area contributed by atoms with Crippen molar-refractivity contribution in [3.05, 3.63) is 77.9 Å². The molecule has 0 aliphatic carbocycles. The summed E-state index contributed by atoms with van der Waals surface area (Å²) in [7, 11) is 0. The number of rotatable bonds is 7. The molecule has 144 valence electrons. The summed E-state index contributed by atoms with van der Waals surface area (Å²) in [6, 6.07) is 22.4. The molecule has 1 heterocycles. The highest BCUT2D eigenvalue weighted by atomic mass is 16.5. The first-order valence-corrected chi connectivity index (χ1v) is 9.95. The van der Waals surface area contributed by atoms with Gasteiger partial charge in [0.2, 0.25) is 0 Å². The number of carbonyl (C=O) groups is 1. The average molecular weight is 374 g/mol. The van der Waals surface area contributed by atoms with E-state index in [9.17, 15) is 4.79 Å². The molecule has 3 aromatic rings. The number of hydrogen-bond donors (Lipinski definition) is 1. The van der Waals surface area contributed by atoms with Gasteiger partial charge in [-0.2, -0.15) is 0 Å². The van der Waals surface area contributed by atoms with Gasteiger partial charge in [0, 0.05) is 18.5 Å². The van der Waals surface area contributed by atoms with Crippen LogP contribution >= 0.6 is 0 Å². The topological polar surface area (TPSA) is 41.6 Å². The van der Waals surface area contributed by atoms with Gasteiger partial charge >= 0.3 is 0 Å². The highest BCUT2D eigenvalue weighted by molar-refractivity contribution is 5.88. The van der Waals surface area contributed by atoms with Gasteiger partial charge < -0.3 is 10.1 Å². The number of nitrogens with one attached hydrogen (secondary N) is 1. The molecule has 1 saturated heterocycles. The molecule has 1 amide bonds. The molecule has 1 N–H and O–H groups in total. The zero-order chi connectivity index (χ0) is 19.2. The van der Waals surface area contributed by atoms with E-state index in [1.165, 1.54) is 31.5 Å². The van der Waals surface area contributed by atoms with Crippen molar-refractivity contribution in [2.45, 2.75) is 25.9 Å². The van der Waals surface area contributed by atoms with Crippen LogP contribution in [0.1, 0.15) is 24.0 Å². The largest absolute Gasteiger partial charge is 0.483 e. The second-order valence-electron chi connectivity index (χ2n) is 7.34. The first-order chi connectivity index (χ1) is 13.8. The average Bonchev–Trinajstić information content (AvgIpc) is 3.25. The summed E-state index contributed by atoms with van der Waals surface area (Å²) in [5, 5.41) is 5.06. The summed E-state index contributed by atoms with van der Waals surface area (Å²) >= 11 is 0. The number of amides is 1. The monoisotopic (exact) mass is 374 g/mol. The van der Waals surface area contributed by atoms with E-state index in [0.29, 0.717) is 6.54 Å². The summed E-state index contributed by atoms with van der Waals surface area (Å²) < 4.78 is 5.75. The highest BCUT2D eigenvalue weighted by Crippen LogP contribution is 2.24. The molecule has 1 aliphatic rings. The lowest BCUT2D eigenvalue weighted by Crippen LogP contribution is -2.28. The van der Waals surface area contributed by atoms with Crippen molar-refractivity contribution in [2.24, 2.45) is 0 Å². The number of fused-ring (bicyclic) bond motifs is 1. The fourth-order valence-electron chi connectivity index (χ4n) is 3.68. The fourth-order valence-corrected chi connectivity index (χ4v) is 3.68. The minimum Gasteiger partial charge on any atom is -0.483 e. The van der Waals surface area contributed by atoms with Crippen LogP contribution in [0.2, 0.25) is 0 Å². The molecule has 0 radical (unpaired) electrons. The Morgan fingerprint density at radius 3 is 2.43 bits per heavy atom. The van der Waals surface area contributed by atoms with Crippen LogP contribution in [0, 0.1) is 0 Å². The molecule has 4 rings (SSSR count). The lowest BCUT2D eigenvalue weighted by atomic mass is 10.1. The lowest BCUT2D eigenvalue weighted by Gasteiger charge is -2.14. The van der Waals surface area contributed by atoms with Crippen molar-refractivity contribution >= 4 is 16.7 Å². The number of nitrogens with zero attached hydrogens (tertiary/aromatic N) is 1. The lowest BCUT2D eigenvalue weighted by molar-refractivity contribution is -0.123. The third kappa shape index (κ3) is 4.70. The SMILES string of the molecule is O=C(COc1cccc2ccccc12)NCc1ccc(CN2CCCC2)cc1. The van der Waals surface area contributed by atoms with Crippen molar-refractivity contribution in [1.29, 1.82) is 0 Å². The predicted octanol–water partition coefficient (Wildman–Crippen LogP) is 4.13. The Morgan fingerprint density at radius 2 is 1.61 bits per heavy atom. The van der Waals surface area contributed by atoms with Crippen LogP contribution in [-0.2, 0) is 17.9 Å². The number of ether oxygens (including phenoxy) is 1. The first kappa shape index (κ1) is 18.5. The second kappa shape index (κ2) is 8.89. The van der Waals surface area contributed by atoms with Gasteiger partial charge in [-0.1, -0.05) is 60.7 Å². The first-order valence-electron chi connectivity index (χ1n) is 9.95. The van der Waals surface area contributed by atoms with Gasteiger partial charge in [0.15, 0.2) is 6.61 Å². The van der Waals surface area contributed by atoms with E-state index >= 15 is 0 Å². The standard InChI is InChI=1S/C24H26N2O2/c27-24(18-28-23-9-5-7-21-6-1-2-8-22(21)23)25-16-19-10-12-20(13-11-19)17-26-14-3-4-15-26/h1-2,5-13H,3-4,14-18H2,(H,25,27). The van der Waals surface area contributed by atoms with Gasteiger partial charge in [-0.3, -0.25) is 9.69 Å². The minimum atomic E-state index is -0.117. The predicted molar refractivity (Wildman–Crippen MR) is 112 cm³/mol. The zero-order valence-corrected chi connectivity index (χ0v) is 16.1. The fraction of sp³-hybridized carbons (Fsp3) is 0.292. The number of carbonyl (C=O) groups excluding carboxylic acids is 1.